The molecule has 2 aromatic rings. The molecule has 3 heterocycles. The molecule has 0 bridgehead atoms. The minimum absolute atomic E-state index is 0.221. The number of aromatic amines is 1. The van der Waals surface area contributed by atoms with Crippen molar-refractivity contribution in [2.24, 2.45) is 11.8 Å². The van der Waals surface area contributed by atoms with Gasteiger partial charge in [-0.2, -0.15) is 0 Å². The summed E-state index contributed by atoms with van der Waals surface area (Å²) in [7, 11) is 2.29. The lowest BCUT2D eigenvalue weighted by Crippen LogP contribution is -2.46. The van der Waals surface area contributed by atoms with Crippen molar-refractivity contribution in [2.75, 3.05) is 31.6 Å². The molecular formula is C20H28N2S2. The molecule has 0 spiro atoms. The predicted octanol–water partition coefficient (Wildman–Crippen LogP) is 5.17. The third-order valence-corrected chi connectivity index (χ3v) is 9.37. The van der Waals surface area contributed by atoms with E-state index in [-0.39, 0.29) is 4.08 Å². The van der Waals surface area contributed by atoms with Gasteiger partial charge in [0.15, 0.2) is 0 Å². The molecule has 1 N–H and O–H groups in total. The number of nitrogens with one attached hydrogen (secondary N) is 1. The van der Waals surface area contributed by atoms with Crippen molar-refractivity contribution in [3.05, 3.63) is 36.0 Å². The van der Waals surface area contributed by atoms with Crippen molar-refractivity contribution in [2.45, 2.75) is 30.3 Å². The van der Waals surface area contributed by atoms with E-state index in [0.717, 1.165) is 11.8 Å². The maximum absolute atomic E-state index is 3.80. The fourth-order valence-electron chi connectivity index (χ4n) is 4.51. The monoisotopic (exact) mass is 360 g/mol. The molecule has 4 heteroatoms. The molecule has 1 aromatic carbocycles. The fraction of sp³-hybridized carbons (Fsp3) is 0.600. The summed E-state index contributed by atoms with van der Waals surface area (Å²) in [5, 5.41) is 1.36. The summed E-state index contributed by atoms with van der Waals surface area (Å²) in [5.41, 5.74) is 2.76. The SMILES string of the molecule is CC[C@@H]1CN(C)CC[C@H]1C1(c2cc3ccccc3[nH]2)SCCCS1. The minimum atomic E-state index is 0.221. The molecule has 2 nitrogen and oxygen atoms in total. The topological polar surface area (TPSA) is 19.0 Å². The first kappa shape index (κ1) is 16.9. The first-order valence-corrected chi connectivity index (χ1v) is 11.2. The van der Waals surface area contributed by atoms with E-state index >= 15 is 0 Å². The van der Waals surface area contributed by atoms with E-state index in [1.54, 1.807) is 0 Å². The highest BCUT2D eigenvalue weighted by atomic mass is 32.2. The maximum atomic E-state index is 3.80. The lowest BCUT2D eigenvalue weighted by Gasteiger charge is -2.48. The van der Waals surface area contributed by atoms with Gasteiger partial charge in [0.05, 0.1) is 0 Å². The van der Waals surface area contributed by atoms with Crippen molar-refractivity contribution < 1.29 is 0 Å². The van der Waals surface area contributed by atoms with Crippen LogP contribution in [0.2, 0.25) is 0 Å². The van der Waals surface area contributed by atoms with Gasteiger partial charge in [0, 0.05) is 17.8 Å². The number of piperidine rings is 1. The summed E-state index contributed by atoms with van der Waals surface area (Å²) in [4.78, 5) is 6.33. The van der Waals surface area contributed by atoms with Gasteiger partial charge in [0.25, 0.3) is 0 Å². The number of hydrogen-bond acceptors (Lipinski definition) is 3. The number of benzene rings is 1. The van der Waals surface area contributed by atoms with Crippen molar-refractivity contribution in [1.29, 1.82) is 0 Å². The molecule has 2 aliphatic heterocycles. The number of aromatic nitrogens is 1. The molecule has 0 radical (unpaired) electrons. The Labute approximate surface area is 154 Å². The van der Waals surface area contributed by atoms with E-state index in [1.165, 1.54) is 60.5 Å². The quantitative estimate of drug-likeness (QED) is 0.815. The van der Waals surface area contributed by atoms with Gasteiger partial charge in [-0.3, -0.25) is 0 Å². The summed E-state index contributed by atoms with van der Waals surface area (Å²) in [6.45, 7) is 4.88. The van der Waals surface area contributed by atoms with Gasteiger partial charge in [0.2, 0.25) is 0 Å². The van der Waals surface area contributed by atoms with Crippen LogP contribution in [0.1, 0.15) is 31.9 Å². The number of para-hydroxylation sites is 1. The van der Waals surface area contributed by atoms with Crippen molar-refractivity contribution in [1.82, 2.24) is 9.88 Å². The molecule has 2 aliphatic rings. The van der Waals surface area contributed by atoms with Crippen molar-refractivity contribution in [3.63, 3.8) is 0 Å². The summed E-state index contributed by atoms with van der Waals surface area (Å²) in [5.74, 6) is 4.16. The van der Waals surface area contributed by atoms with Crippen LogP contribution in [0.5, 0.6) is 0 Å². The predicted molar refractivity (Wildman–Crippen MR) is 109 cm³/mol. The van der Waals surface area contributed by atoms with E-state index in [1.807, 2.05) is 0 Å². The van der Waals surface area contributed by atoms with Crippen LogP contribution in [0.25, 0.3) is 10.9 Å². The first-order valence-electron chi connectivity index (χ1n) is 9.27. The normalized spacial score (nSPS) is 28.2. The van der Waals surface area contributed by atoms with Crippen LogP contribution in [0, 0.1) is 11.8 Å². The Kier molecular flexibility index (Phi) is 4.90. The summed E-state index contributed by atoms with van der Waals surface area (Å²) < 4.78 is 0.221. The molecular weight excluding hydrogens is 332 g/mol. The summed E-state index contributed by atoms with van der Waals surface area (Å²) in [6.07, 6.45) is 3.96. The van der Waals surface area contributed by atoms with Crippen LogP contribution in [-0.4, -0.2) is 41.5 Å². The fourth-order valence-corrected chi connectivity index (χ4v) is 8.29. The number of thioether (sulfide) groups is 2. The number of H-pyrrole nitrogens is 1. The molecule has 2 atom stereocenters. The molecule has 0 amide bonds. The largest absolute Gasteiger partial charge is 0.357 e. The van der Waals surface area contributed by atoms with E-state index in [9.17, 15) is 0 Å². The Morgan fingerprint density at radius 1 is 1.25 bits per heavy atom. The Bertz CT molecular complexity index is 657. The highest BCUT2D eigenvalue weighted by molar-refractivity contribution is 8.18. The van der Waals surface area contributed by atoms with Crippen molar-refractivity contribution in [3.8, 4) is 0 Å². The van der Waals surface area contributed by atoms with E-state index < -0.39 is 0 Å². The maximum Gasteiger partial charge on any atom is 0.104 e. The Morgan fingerprint density at radius 2 is 2.04 bits per heavy atom. The van der Waals surface area contributed by atoms with Crippen LogP contribution >= 0.6 is 23.5 Å². The molecule has 4 rings (SSSR count). The zero-order valence-electron chi connectivity index (χ0n) is 14.8. The van der Waals surface area contributed by atoms with Gasteiger partial charge in [-0.1, -0.05) is 31.5 Å². The van der Waals surface area contributed by atoms with E-state index in [2.05, 4.69) is 77.7 Å². The number of nitrogens with zero attached hydrogens (tertiary/aromatic N) is 1. The Balaban J connectivity index is 1.77. The van der Waals surface area contributed by atoms with Crippen LogP contribution in [0.4, 0.5) is 0 Å². The number of fused-ring (bicyclic) bond motifs is 1. The van der Waals surface area contributed by atoms with Crippen LogP contribution in [0.15, 0.2) is 30.3 Å². The third-order valence-electron chi connectivity index (χ3n) is 5.78. The van der Waals surface area contributed by atoms with Gasteiger partial charge in [0.1, 0.15) is 4.08 Å². The number of rotatable bonds is 3. The van der Waals surface area contributed by atoms with Crippen LogP contribution < -0.4 is 0 Å². The highest BCUT2D eigenvalue weighted by Gasteiger charge is 2.48. The Hall–Kier alpha value is -0.580. The van der Waals surface area contributed by atoms with Gasteiger partial charge in [-0.25, -0.2) is 0 Å². The molecule has 1 aromatic heterocycles. The highest BCUT2D eigenvalue weighted by Crippen LogP contribution is 2.59. The Morgan fingerprint density at radius 3 is 2.79 bits per heavy atom. The smallest absolute Gasteiger partial charge is 0.104 e. The van der Waals surface area contributed by atoms with Gasteiger partial charge in [-0.15, -0.1) is 23.5 Å². The molecule has 24 heavy (non-hydrogen) atoms. The van der Waals surface area contributed by atoms with E-state index in [4.69, 9.17) is 0 Å². The number of likely N-dealkylation sites (tertiary alicyclic amines) is 1. The van der Waals surface area contributed by atoms with Gasteiger partial charge in [-0.05, 0) is 67.3 Å². The lowest BCUT2D eigenvalue weighted by molar-refractivity contribution is 0.129. The van der Waals surface area contributed by atoms with E-state index in [0.29, 0.717) is 0 Å². The van der Waals surface area contributed by atoms with Crippen molar-refractivity contribution >= 4 is 34.4 Å². The molecule has 130 valence electrons. The average Bonchev–Trinajstić information content (AvgIpc) is 3.07. The molecule has 0 unspecified atom stereocenters. The van der Waals surface area contributed by atoms with Crippen LogP contribution in [-0.2, 0) is 4.08 Å². The van der Waals surface area contributed by atoms with Gasteiger partial charge >= 0.3 is 0 Å². The summed E-state index contributed by atoms with van der Waals surface area (Å²) in [6, 6.07) is 11.2. The van der Waals surface area contributed by atoms with Gasteiger partial charge < -0.3 is 9.88 Å². The minimum Gasteiger partial charge on any atom is -0.357 e. The second-order valence-electron chi connectivity index (χ2n) is 7.31. The molecule has 2 fully saturated rings. The average molecular weight is 361 g/mol. The molecule has 0 aliphatic carbocycles. The summed E-state index contributed by atoms with van der Waals surface area (Å²) >= 11 is 4.44. The second kappa shape index (κ2) is 6.97. The molecule has 2 saturated heterocycles. The third kappa shape index (κ3) is 2.91. The lowest BCUT2D eigenvalue weighted by atomic mass is 9.80. The second-order valence-corrected chi connectivity index (χ2v) is 10.3. The zero-order valence-corrected chi connectivity index (χ0v) is 16.4. The molecule has 0 saturated carbocycles. The zero-order chi connectivity index (χ0) is 16.6. The van der Waals surface area contributed by atoms with Crippen LogP contribution in [0.3, 0.4) is 0 Å². The standard InChI is InChI=1S/C20H28N2S2/c1-3-15-14-22(2)10-9-17(15)20(23-11-6-12-24-20)19-13-16-7-4-5-8-18(16)21-19/h4-5,7-8,13,15,17,21H,3,6,9-12,14H2,1-2H3/t15-,17-/m1/s1. The first-order chi connectivity index (χ1) is 11.7. The number of hydrogen-bond donors (Lipinski definition) is 1.